The third-order valence-corrected chi connectivity index (χ3v) is 18.9. The van der Waals surface area contributed by atoms with Crippen LogP contribution in [0.25, 0.3) is 76.5 Å². The molecule has 0 atom stereocenters. The standard InChI is InChI=1S/C46H33N3.C28H22N2.C18H12IN.BH4/c1-4-17-35(18-5-1)47(36-19-6-2-7-20-36)38-27-29-39(30-28-38)48(44-26-14-16-34-15-10-11-23-41(34)44)40-31-32-46-43(33-40)42-24-12-13-25-45(42)49(46)37-21-8-3-9-22-37;1-3-12-24(13-4-1)30(25-14-5-2-6-15-25)26-20-18-23(19-21-26)29-28-17-9-11-22-10-7-8-16-27(22)28;19-13-10-11-18-16(12-13)15-8-4-5-9-17(15)20(18)14-6-2-1-3-7-14;/h1-33H;1-21,29H;1-12H;1H4/q;;;-1. The van der Waals surface area contributed by atoms with Crippen LogP contribution in [-0.2, 0) is 0 Å². The summed E-state index contributed by atoms with van der Waals surface area (Å²) in [6, 6.07) is 142. The normalized spacial score (nSPS) is 11.0. The summed E-state index contributed by atoms with van der Waals surface area (Å²) >= 11 is 2.38. The van der Waals surface area contributed by atoms with E-state index in [0.29, 0.717) is 0 Å². The lowest BCUT2D eigenvalue weighted by atomic mass is 10.1. The van der Waals surface area contributed by atoms with E-state index in [4.69, 9.17) is 0 Å². The van der Waals surface area contributed by atoms with Crippen LogP contribution in [0, 0.1) is 3.57 Å². The molecule has 0 spiro atoms. The van der Waals surface area contributed by atoms with E-state index < -0.39 is 0 Å². The van der Waals surface area contributed by atoms with E-state index in [1.165, 1.54) is 74.4 Å². The van der Waals surface area contributed by atoms with Crippen molar-refractivity contribution < 1.29 is 0 Å². The zero-order valence-electron chi connectivity index (χ0n) is 54.2. The number of hydrogen-bond acceptors (Lipinski definition) is 4. The number of benzene rings is 16. The van der Waals surface area contributed by atoms with Crippen molar-refractivity contribution in [3.8, 4) is 11.4 Å². The second-order valence-corrected chi connectivity index (χ2v) is 25.5. The average molecular weight is 1400 g/mol. The Kier molecular flexibility index (Phi) is 18.6. The molecule has 0 aliphatic heterocycles. The maximum Gasteiger partial charge on any atom is 0.0542 e. The maximum absolute atomic E-state index is 3.57. The molecule has 0 amide bonds. The van der Waals surface area contributed by atoms with Gasteiger partial charge in [-0.25, -0.2) is 0 Å². The molecular formula is C92H71BIN6-. The smallest absolute Gasteiger partial charge is 0.0542 e. The molecule has 100 heavy (non-hydrogen) atoms. The van der Waals surface area contributed by atoms with Gasteiger partial charge in [0.2, 0.25) is 0 Å². The van der Waals surface area contributed by atoms with Gasteiger partial charge < -0.3 is 29.2 Å². The van der Waals surface area contributed by atoms with E-state index in [2.05, 4.69) is 440 Å². The fraction of sp³-hybridized carbons (Fsp3) is 0. The highest BCUT2D eigenvalue weighted by Crippen LogP contribution is 2.45. The first-order chi connectivity index (χ1) is 49.1. The van der Waals surface area contributed by atoms with Gasteiger partial charge >= 0.3 is 0 Å². The van der Waals surface area contributed by atoms with Crippen molar-refractivity contribution in [2.75, 3.05) is 20.0 Å². The van der Waals surface area contributed by atoms with E-state index in [-0.39, 0.29) is 8.41 Å². The summed E-state index contributed by atoms with van der Waals surface area (Å²) in [7, 11) is 0. The van der Waals surface area contributed by atoms with Crippen LogP contribution in [0.5, 0.6) is 0 Å². The molecule has 8 heteroatoms. The summed E-state index contributed by atoms with van der Waals surface area (Å²) in [5, 5.41) is 13.5. The van der Waals surface area contributed by atoms with Gasteiger partial charge in [0.1, 0.15) is 0 Å². The van der Waals surface area contributed by atoms with Gasteiger partial charge in [-0.1, -0.05) is 227 Å². The zero-order chi connectivity index (χ0) is 66.3. The van der Waals surface area contributed by atoms with Crippen molar-refractivity contribution in [1.82, 2.24) is 9.13 Å². The molecule has 18 aromatic rings. The molecule has 2 aromatic heterocycles. The van der Waals surface area contributed by atoms with Crippen LogP contribution in [-0.4, -0.2) is 17.5 Å². The van der Waals surface area contributed by atoms with Crippen molar-refractivity contribution in [3.63, 3.8) is 0 Å². The number of aromatic nitrogens is 2. The molecule has 2 heterocycles. The third kappa shape index (κ3) is 13.0. The molecule has 0 unspecified atom stereocenters. The van der Waals surface area contributed by atoms with E-state index in [9.17, 15) is 0 Å². The highest BCUT2D eigenvalue weighted by molar-refractivity contribution is 14.1. The molecule has 0 saturated carbocycles. The number of nitrogens with one attached hydrogen (secondary N) is 1. The SMILES string of the molecule is Ic1ccc2c(c1)c1ccccc1n2-c1ccccc1.[BH4-].c1ccc(N(c2ccccc2)c2ccc(N(c3ccc4c(c3)c3ccccc3n4-c3ccccc3)c3cccc4ccccc34)cc2)cc1.c1ccc(N(c2ccccc2)c2ccc(Nc3cccc4ccccc34)cc2)cc1. The van der Waals surface area contributed by atoms with Crippen LogP contribution in [0.1, 0.15) is 0 Å². The summed E-state index contributed by atoms with van der Waals surface area (Å²) in [6.45, 7) is 0. The molecule has 1 N–H and O–H groups in total. The number of para-hydroxylation sites is 8. The highest BCUT2D eigenvalue weighted by Gasteiger charge is 2.21. The largest absolute Gasteiger partial charge is 0.355 e. The summed E-state index contributed by atoms with van der Waals surface area (Å²) in [5.41, 5.74) is 19.5. The van der Waals surface area contributed by atoms with Crippen LogP contribution in [0.2, 0.25) is 0 Å². The Morgan fingerprint density at radius 3 is 1.05 bits per heavy atom. The van der Waals surface area contributed by atoms with Crippen LogP contribution in [0.15, 0.2) is 400 Å². The van der Waals surface area contributed by atoms with Gasteiger partial charge in [-0.05, 0) is 215 Å². The van der Waals surface area contributed by atoms with E-state index >= 15 is 0 Å². The Labute approximate surface area is 598 Å². The number of halogens is 1. The molecule has 0 bridgehead atoms. The summed E-state index contributed by atoms with van der Waals surface area (Å²) < 4.78 is 5.97. The lowest BCUT2D eigenvalue weighted by Crippen LogP contribution is -2.12. The summed E-state index contributed by atoms with van der Waals surface area (Å²) in [6.07, 6.45) is 0. The van der Waals surface area contributed by atoms with Crippen LogP contribution < -0.4 is 20.0 Å². The zero-order valence-corrected chi connectivity index (χ0v) is 56.4. The predicted octanol–water partition coefficient (Wildman–Crippen LogP) is 24.9. The van der Waals surface area contributed by atoms with Gasteiger partial charge in [-0.15, -0.1) is 0 Å². The predicted molar refractivity (Wildman–Crippen MR) is 441 cm³/mol. The van der Waals surface area contributed by atoms with Gasteiger partial charge in [0.15, 0.2) is 0 Å². The number of rotatable bonds is 13. The molecule has 6 nitrogen and oxygen atoms in total. The van der Waals surface area contributed by atoms with Crippen molar-refractivity contribution in [3.05, 3.63) is 404 Å². The Morgan fingerprint density at radius 2 is 0.560 bits per heavy atom. The minimum absolute atomic E-state index is 0. The fourth-order valence-electron chi connectivity index (χ4n) is 13.7. The first kappa shape index (κ1) is 63.7. The van der Waals surface area contributed by atoms with Crippen molar-refractivity contribution in [2.24, 2.45) is 0 Å². The van der Waals surface area contributed by atoms with Gasteiger partial charge in [0.05, 0.1) is 27.8 Å². The van der Waals surface area contributed by atoms with Gasteiger partial charge in [-0.2, -0.15) is 0 Å². The summed E-state index contributed by atoms with van der Waals surface area (Å²) in [5.74, 6) is 0. The number of fused-ring (bicyclic) bond motifs is 8. The summed E-state index contributed by atoms with van der Waals surface area (Å²) in [4.78, 5) is 6.97. The lowest BCUT2D eigenvalue weighted by molar-refractivity contribution is 1.18. The van der Waals surface area contributed by atoms with Gasteiger partial charge in [0, 0.05) is 104 Å². The molecule has 16 aromatic carbocycles. The first-order valence-corrected chi connectivity index (χ1v) is 34.5. The minimum atomic E-state index is 0. The van der Waals surface area contributed by atoms with Crippen LogP contribution >= 0.6 is 22.6 Å². The molecule has 0 fully saturated rings. The molecule has 0 aliphatic carbocycles. The number of anilines is 11. The second kappa shape index (κ2) is 29.1. The van der Waals surface area contributed by atoms with E-state index in [1.807, 2.05) is 12.1 Å². The number of hydrogen-bond donors (Lipinski definition) is 1. The minimum Gasteiger partial charge on any atom is -0.355 e. The first-order valence-electron chi connectivity index (χ1n) is 33.4. The third-order valence-electron chi connectivity index (χ3n) is 18.2. The van der Waals surface area contributed by atoms with Crippen molar-refractivity contribution in [1.29, 1.82) is 0 Å². The van der Waals surface area contributed by atoms with Crippen molar-refractivity contribution in [2.45, 2.75) is 0 Å². The molecule has 0 saturated heterocycles. The number of nitrogens with zero attached hydrogens (tertiary/aromatic N) is 5. The maximum atomic E-state index is 3.57. The fourth-order valence-corrected chi connectivity index (χ4v) is 14.2. The Hall–Kier alpha value is -12.4. The van der Waals surface area contributed by atoms with Crippen LogP contribution in [0.4, 0.5) is 62.6 Å². The molecule has 0 radical (unpaired) electrons. The molecule has 480 valence electrons. The highest BCUT2D eigenvalue weighted by atomic mass is 127. The lowest BCUT2D eigenvalue weighted by Gasteiger charge is -2.29. The monoisotopic (exact) mass is 1400 g/mol. The van der Waals surface area contributed by atoms with Crippen LogP contribution in [0.3, 0.4) is 0 Å². The van der Waals surface area contributed by atoms with Gasteiger partial charge in [0.25, 0.3) is 0 Å². The average Bonchev–Trinajstić information content (AvgIpc) is 1.57. The molecule has 0 aliphatic rings. The molecule has 18 rings (SSSR count). The Bertz CT molecular complexity index is 5690. The van der Waals surface area contributed by atoms with Gasteiger partial charge in [-0.3, -0.25) is 0 Å². The van der Waals surface area contributed by atoms with E-state index in [0.717, 1.165) is 68.2 Å². The topological polar surface area (TPSA) is 31.6 Å². The Balaban J connectivity index is 0.000000135. The Morgan fingerprint density at radius 1 is 0.230 bits per heavy atom. The quantitative estimate of drug-likeness (QED) is 0.0921. The second-order valence-electron chi connectivity index (χ2n) is 24.3. The van der Waals surface area contributed by atoms with E-state index in [1.54, 1.807) is 0 Å². The molecular weight excluding hydrogens is 1330 g/mol. The van der Waals surface area contributed by atoms with Crippen molar-refractivity contribution >= 4 is 159 Å².